The second kappa shape index (κ2) is 21.4. The largest absolute Gasteiger partial charge is 1.00 e. The van der Waals surface area contributed by atoms with Crippen molar-refractivity contribution < 1.29 is 58.8 Å². The molecule has 0 spiro atoms. The summed E-state index contributed by atoms with van der Waals surface area (Å²) in [6, 6.07) is 23.5. The summed E-state index contributed by atoms with van der Waals surface area (Å²) in [6.45, 7) is -0.734. The zero-order valence-electron chi connectivity index (χ0n) is 30.2. The maximum Gasteiger partial charge on any atom is 1.00 e. The number of nitrogens with zero attached hydrogens (tertiary/aromatic N) is 1. The van der Waals surface area contributed by atoms with E-state index in [0.717, 1.165) is 20.1 Å². The van der Waals surface area contributed by atoms with E-state index < -0.39 is 38.4 Å². The Bertz CT molecular complexity index is 1810. The average molecular weight is 769 g/mol. The number of carbonyl (C=O) groups excluding carboxylic acids is 2. The van der Waals surface area contributed by atoms with E-state index in [1.807, 2.05) is 48.5 Å². The Morgan fingerprint density at radius 3 is 1.87 bits per heavy atom. The van der Waals surface area contributed by atoms with Gasteiger partial charge in [-0.3, -0.25) is 4.99 Å². The number of hydrogen-bond donors (Lipinski definition) is 1. The summed E-state index contributed by atoms with van der Waals surface area (Å²) in [5.74, 6) is -1.89. The van der Waals surface area contributed by atoms with Crippen molar-refractivity contribution in [2.75, 3.05) is 19.5 Å². The third-order valence-corrected chi connectivity index (χ3v) is 6.62. The van der Waals surface area contributed by atoms with Crippen LogP contribution in [0.2, 0.25) is 0 Å². The third-order valence-electron chi connectivity index (χ3n) is 5.56. The first-order valence-corrected chi connectivity index (χ1v) is 14.5. The van der Waals surface area contributed by atoms with Gasteiger partial charge in [0, 0.05) is 39.5 Å². The minimum absolute atomic E-state index is 0. The first kappa shape index (κ1) is 32.6. The third kappa shape index (κ3) is 15.3. The Hall–Kier alpha value is -3.35. The van der Waals surface area contributed by atoms with E-state index in [4.69, 9.17) is 6.71 Å². The van der Waals surface area contributed by atoms with Crippen LogP contribution in [-0.2, 0) is 25.6 Å². The minimum atomic E-state index is -3.00. The van der Waals surface area contributed by atoms with Gasteiger partial charge in [0.05, 0.1) is 21.3 Å². The Labute approximate surface area is 315 Å². The number of halogens is 4. The Morgan fingerprint density at radius 1 is 0.826 bits per heavy atom. The molecule has 6 nitrogen and oxygen atoms in total. The average Bonchev–Trinajstić information content (AvgIpc) is 3.05. The van der Waals surface area contributed by atoms with Crippen molar-refractivity contribution in [2.45, 2.75) is 6.52 Å². The molecule has 4 aromatic carbocycles. The number of nitrogens with one attached hydrogen (secondary N) is 1. The molecule has 1 atom stereocenters. The summed E-state index contributed by atoms with van der Waals surface area (Å²) in [5, 5.41) is 2.92. The maximum atomic E-state index is 13.7. The smallest absolute Gasteiger partial charge is 0.466 e. The molecule has 0 radical (unpaired) electrons. The van der Waals surface area contributed by atoms with Crippen molar-refractivity contribution in [3.05, 3.63) is 140 Å². The number of ether oxygens (including phenoxy) is 2. The zero-order valence-corrected chi connectivity index (χ0v) is 30.4. The molecular formula is C34H32BBr2F2N2NaO4. The summed E-state index contributed by atoms with van der Waals surface area (Å²) in [7, 11) is -0.444. The van der Waals surface area contributed by atoms with Gasteiger partial charge in [0.15, 0.2) is 0 Å². The molecule has 1 N–H and O–H groups in total. The van der Waals surface area contributed by atoms with Gasteiger partial charge in [0.2, 0.25) is 0 Å². The topological polar surface area (TPSA) is 77.0 Å². The van der Waals surface area contributed by atoms with E-state index in [9.17, 15) is 18.4 Å². The van der Waals surface area contributed by atoms with Crippen LogP contribution in [0.5, 0.6) is 0 Å². The molecule has 0 aliphatic carbocycles. The van der Waals surface area contributed by atoms with Crippen molar-refractivity contribution in [3.8, 4) is 0 Å². The number of benzene rings is 4. The molecule has 4 aromatic rings. The quantitative estimate of drug-likeness (QED) is 0.118. The number of hydrogen-bond acceptors (Lipinski definition) is 6. The van der Waals surface area contributed by atoms with Gasteiger partial charge in [-0.15, -0.1) is 0 Å². The predicted octanol–water partition coefficient (Wildman–Crippen LogP) is 4.46. The summed E-state index contributed by atoms with van der Waals surface area (Å²) in [4.78, 5) is 26.4. The van der Waals surface area contributed by atoms with E-state index >= 15 is 0 Å². The molecule has 0 aliphatic rings. The van der Waals surface area contributed by atoms with Crippen LogP contribution in [0.3, 0.4) is 0 Å². The van der Waals surface area contributed by atoms with Gasteiger partial charge in [-0.1, -0.05) is 64.4 Å². The van der Waals surface area contributed by atoms with Gasteiger partial charge in [0.1, 0.15) is 11.6 Å². The molecule has 0 fully saturated rings. The summed E-state index contributed by atoms with van der Waals surface area (Å²) in [6.07, 6.45) is 7.03. The van der Waals surface area contributed by atoms with E-state index in [1.165, 1.54) is 62.8 Å². The van der Waals surface area contributed by atoms with Crippen molar-refractivity contribution in [1.29, 1.82) is 5.34 Å². The molecule has 46 heavy (non-hydrogen) atoms. The van der Waals surface area contributed by atoms with Crippen molar-refractivity contribution in [2.24, 2.45) is 4.99 Å². The number of anilines is 1. The standard InChI is InChI=1S/C17H15BrFNO2.C17H13BrFNO2.BH4.Na/c2*1-22-17(21)7-4-13-8-15(19)10-16(9-13)20-11-12-2-5-14(18)6-3-12;;/h2-10,20H,11H2,1H3;2-11H,1H3;1H4;/q;;-1;+1/b7-4+;7-4+,20-11?;;/i11D;;1D4;. The fourth-order valence-electron chi connectivity index (χ4n) is 3.45. The monoisotopic (exact) mass is 767 g/mol. The fraction of sp³-hybridized carbons (Fsp3) is 0.0882. The SMILES string of the molecule is COC(=O)/C=C/c1cc(F)cc(N=Cc2ccc(Br)cc2)c1.[2H]C(Nc1cc(F)cc(/C=C/C(=O)OC)c1)c1ccc(Br)cc1.[2H][B-]([2H])([2H])[2H].[Na+]. The number of esters is 2. The van der Waals surface area contributed by atoms with E-state index in [2.05, 4.69) is 51.6 Å². The van der Waals surface area contributed by atoms with E-state index in [1.54, 1.807) is 18.3 Å². The van der Waals surface area contributed by atoms with Gasteiger partial charge in [0.25, 0.3) is 0 Å². The summed E-state index contributed by atoms with van der Waals surface area (Å²) >= 11 is 6.69. The van der Waals surface area contributed by atoms with Gasteiger partial charge >= 0.3 is 41.5 Å². The second-order valence-electron chi connectivity index (χ2n) is 8.88. The molecule has 0 bridgehead atoms. The van der Waals surface area contributed by atoms with Crippen molar-refractivity contribution >= 4 is 81.8 Å². The van der Waals surface area contributed by atoms with Crippen LogP contribution >= 0.6 is 31.9 Å². The van der Waals surface area contributed by atoms with E-state index in [0.29, 0.717) is 22.5 Å². The van der Waals surface area contributed by atoms with Crippen molar-refractivity contribution in [3.63, 3.8) is 0 Å². The zero-order chi connectivity index (χ0) is 37.3. The van der Waals surface area contributed by atoms with Gasteiger partial charge in [-0.05, 0) is 95.1 Å². The van der Waals surface area contributed by atoms with Crippen LogP contribution in [0.15, 0.2) is 111 Å². The Kier molecular flexibility index (Phi) is 15.2. The van der Waals surface area contributed by atoms with Gasteiger partial charge in [-0.25, -0.2) is 23.7 Å². The van der Waals surface area contributed by atoms with Gasteiger partial charge in [-0.2, -0.15) is 0 Å². The van der Waals surface area contributed by atoms with Crippen LogP contribution in [0, 0.1) is 11.6 Å². The maximum absolute atomic E-state index is 13.7. The molecule has 0 aromatic heterocycles. The molecule has 0 amide bonds. The molecule has 0 saturated heterocycles. The molecule has 234 valence electrons. The Balaban J connectivity index is 0.000000443. The minimum Gasteiger partial charge on any atom is -0.466 e. The number of carbonyl (C=O) groups is 2. The molecule has 0 heterocycles. The number of methoxy groups -OCH3 is 2. The van der Waals surface area contributed by atoms with Crippen LogP contribution in [0.25, 0.3) is 12.2 Å². The molecule has 4 rings (SSSR count). The normalized spacial score (nSPS) is 12.9. The van der Waals surface area contributed by atoms with E-state index in [-0.39, 0.29) is 29.6 Å². The molecule has 0 aliphatic heterocycles. The predicted molar refractivity (Wildman–Crippen MR) is 189 cm³/mol. The first-order chi connectivity index (χ1) is 23.5. The Morgan fingerprint density at radius 2 is 1.33 bits per heavy atom. The molecular weight excluding hydrogens is 732 g/mol. The number of rotatable bonds is 9. The second-order valence-corrected chi connectivity index (χ2v) is 10.7. The molecule has 1 unspecified atom stereocenters. The van der Waals surface area contributed by atoms with Crippen LogP contribution in [-0.4, -0.2) is 46.0 Å². The fourth-order valence-corrected chi connectivity index (χ4v) is 3.98. The van der Waals surface area contributed by atoms with Crippen LogP contribution in [0.1, 0.15) is 23.6 Å². The van der Waals surface area contributed by atoms with Gasteiger partial charge < -0.3 is 14.8 Å². The van der Waals surface area contributed by atoms with Crippen LogP contribution < -0.4 is 34.9 Å². The number of aliphatic imine (C=N–C) groups is 1. The molecule has 0 saturated carbocycles. The van der Waals surface area contributed by atoms with Crippen molar-refractivity contribution in [1.82, 2.24) is 0 Å². The summed E-state index contributed by atoms with van der Waals surface area (Å²) < 4.78 is 70.3. The molecule has 12 heteroatoms. The van der Waals surface area contributed by atoms with Crippen LogP contribution in [0.4, 0.5) is 20.2 Å². The summed E-state index contributed by atoms with van der Waals surface area (Å²) in [5.41, 5.74) is 3.61. The first-order valence-electron chi connectivity index (χ1n) is 15.8.